The van der Waals surface area contributed by atoms with E-state index in [2.05, 4.69) is 15.4 Å². The zero-order valence-corrected chi connectivity index (χ0v) is 11.9. The third-order valence-corrected chi connectivity index (χ3v) is 3.24. The lowest BCUT2D eigenvalue weighted by atomic mass is 10.2. The number of benzene rings is 2. The first-order valence-corrected chi connectivity index (χ1v) is 6.53. The maximum Gasteiger partial charge on any atom is 0.308 e. The van der Waals surface area contributed by atoms with Crippen molar-refractivity contribution in [1.82, 2.24) is 15.4 Å². The lowest BCUT2D eigenvalue weighted by molar-refractivity contribution is -0.387. The second-order valence-electron chi connectivity index (χ2n) is 4.61. The second-order valence-corrected chi connectivity index (χ2v) is 4.61. The smallest absolute Gasteiger partial charge is 0.308 e. The third kappa shape index (κ3) is 2.76. The van der Waals surface area contributed by atoms with Gasteiger partial charge in [-0.15, -0.1) is 0 Å². The largest absolute Gasteiger partial charge is 0.493 e. The zero-order valence-electron chi connectivity index (χ0n) is 11.9. The van der Waals surface area contributed by atoms with Gasteiger partial charge in [-0.1, -0.05) is 12.1 Å². The maximum absolute atomic E-state index is 13.6. The summed E-state index contributed by atoms with van der Waals surface area (Å²) in [6, 6.07) is 7.27. The molecule has 0 unspecified atom stereocenters. The van der Waals surface area contributed by atoms with Gasteiger partial charge in [0, 0.05) is 11.6 Å². The standard InChI is InChI=1S/C14H11FN4O4/c1-22-12-5-9(15)11(19(20)21)6-13(12)23-7-8-3-2-4-10-14(8)17-18-16-10/h2-6H,7H2,1H3,(H,16,17,18). The summed E-state index contributed by atoms with van der Waals surface area (Å²) in [4.78, 5) is 10.0. The molecule has 3 aromatic rings. The molecule has 3 rings (SSSR count). The monoisotopic (exact) mass is 318 g/mol. The number of hydrogen-bond donors (Lipinski definition) is 1. The first kappa shape index (κ1) is 14.7. The fourth-order valence-electron chi connectivity index (χ4n) is 2.13. The van der Waals surface area contributed by atoms with E-state index in [0.717, 1.165) is 17.7 Å². The highest BCUT2D eigenvalue weighted by molar-refractivity contribution is 5.77. The molecule has 1 aromatic heterocycles. The Balaban J connectivity index is 1.92. The molecular formula is C14H11FN4O4. The lowest BCUT2D eigenvalue weighted by Crippen LogP contribution is -2.01. The summed E-state index contributed by atoms with van der Waals surface area (Å²) in [5.41, 5.74) is 1.34. The molecule has 0 aliphatic heterocycles. The number of methoxy groups -OCH3 is 1. The number of rotatable bonds is 5. The topological polar surface area (TPSA) is 103 Å². The SMILES string of the molecule is COc1cc(F)c([N+](=O)[O-])cc1OCc1cccc2n[nH]nc12. The molecule has 0 bridgehead atoms. The summed E-state index contributed by atoms with van der Waals surface area (Å²) in [5, 5.41) is 21.3. The fourth-order valence-corrected chi connectivity index (χ4v) is 2.13. The van der Waals surface area contributed by atoms with Gasteiger partial charge in [-0.3, -0.25) is 10.1 Å². The molecule has 0 radical (unpaired) electrons. The van der Waals surface area contributed by atoms with Gasteiger partial charge < -0.3 is 9.47 Å². The van der Waals surface area contributed by atoms with Crippen LogP contribution in [0.25, 0.3) is 11.0 Å². The van der Waals surface area contributed by atoms with E-state index in [4.69, 9.17) is 9.47 Å². The van der Waals surface area contributed by atoms with Crippen LogP contribution >= 0.6 is 0 Å². The van der Waals surface area contributed by atoms with Crippen molar-refractivity contribution in [1.29, 1.82) is 0 Å². The Morgan fingerprint density at radius 3 is 2.87 bits per heavy atom. The summed E-state index contributed by atoms with van der Waals surface area (Å²) >= 11 is 0. The molecule has 23 heavy (non-hydrogen) atoms. The van der Waals surface area contributed by atoms with Gasteiger partial charge in [-0.05, 0) is 6.07 Å². The van der Waals surface area contributed by atoms with Crippen molar-refractivity contribution >= 4 is 16.7 Å². The van der Waals surface area contributed by atoms with Crippen LogP contribution < -0.4 is 9.47 Å². The molecule has 8 nitrogen and oxygen atoms in total. The molecule has 1 heterocycles. The number of halogens is 1. The van der Waals surface area contributed by atoms with E-state index < -0.39 is 16.4 Å². The van der Waals surface area contributed by atoms with E-state index in [9.17, 15) is 14.5 Å². The van der Waals surface area contributed by atoms with Gasteiger partial charge in [-0.2, -0.15) is 19.8 Å². The Kier molecular flexibility index (Phi) is 3.75. The number of ether oxygens (including phenoxy) is 2. The van der Waals surface area contributed by atoms with Crippen LogP contribution in [0.1, 0.15) is 5.56 Å². The first-order chi connectivity index (χ1) is 11.1. The van der Waals surface area contributed by atoms with Gasteiger partial charge in [-0.25, -0.2) is 0 Å². The van der Waals surface area contributed by atoms with Crippen LogP contribution in [-0.2, 0) is 6.61 Å². The Morgan fingerprint density at radius 2 is 2.13 bits per heavy atom. The van der Waals surface area contributed by atoms with Crippen molar-refractivity contribution in [3.63, 3.8) is 0 Å². The van der Waals surface area contributed by atoms with Gasteiger partial charge >= 0.3 is 5.69 Å². The predicted molar refractivity (Wildman–Crippen MR) is 77.8 cm³/mol. The molecule has 0 aliphatic rings. The molecule has 0 atom stereocenters. The molecule has 2 aromatic carbocycles. The van der Waals surface area contributed by atoms with E-state index in [1.165, 1.54) is 7.11 Å². The summed E-state index contributed by atoms with van der Waals surface area (Å²) in [6.45, 7) is 0.0724. The second kappa shape index (κ2) is 5.87. The highest BCUT2D eigenvalue weighted by Gasteiger charge is 2.20. The number of para-hydroxylation sites is 1. The van der Waals surface area contributed by atoms with E-state index in [-0.39, 0.29) is 18.1 Å². The minimum absolute atomic E-state index is 0.0698. The first-order valence-electron chi connectivity index (χ1n) is 6.53. The van der Waals surface area contributed by atoms with Crippen LogP contribution in [0.15, 0.2) is 30.3 Å². The van der Waals surface area contributed by atoms with Gasteiger partial charge in [0.05, 0.1) is 18.1 Å². The third-order valence-electron chi connectivity index (χ3n) is 3.24. The molecule has 1 N–H and O–H groups in total. The zero-order chi connectivity index (χ0) is 16.4. The normalized spacial score (nSPS) is 10.7. The van der Waals surface area contributed by atoms with Crippen molar-refractivity contribution in [2.75, 3.05) is 7.11 Å². The van der Waals surface area contributed by atoms with E-state index in [1.54, 1.807) is 18.2 Å². The van der Waals surface area contributed by atoms with Crippen molar-refractivity contribution in [3.05, 3.63) is 51.8 Å². The van der Waals surface area contributed by atoms with Crippen molar-refractivity contribution in [3.8, 4) is 11.5 Å². The number of nitrogens with one attached hydrogen (secondary N) is 1. The number of aromatic nitrogens is 3. The summed E-state index contributed by atoms with van der Waals surface area (Å²) < 4.78 is 24.2. The van der Waals surface area contributed by atoms with Gasteiger partial charge in [0.2, 0.25) is 5.82 Å². The highest BCUT2D eigenvalue weighted by Crippen LogP contribution is 2.34. The Morgan fingerprint density at radius 1 is 1.30 bits per heavy atom. The van der Waals surface area contributed by atoms with Crippen LogP contribution in [0.4, 0.5) is 10.1 Å². The highest BCUT2D eigenvalue weighted by atomic mass is 19.1. The molecule has 0 fully saturated rings. The van der Waals surface area contributed by atoms with Crippen molar-refractivity contribution in [2.24, 2.45) is 0 Å². The van der Waals surface area contributed by atoms with Crippen LogP contribution in [0, 0.1) is 15.9 Å². The minimum atomic E-state index is -0.988. The van der Waals surface area contributed by atoms with Crippen LogP contribution in [0.5, 0.6) is 11.5 Å². The van der Waals surface area contributed by atoms with Gasteiger partial charge in [0.25, 0.3) is 0 Å². The number of nitrogens with zero attached hydrogens (tertiary/aromatic N) is 3. The van der Waals surface area contributed by atoms with Gasteiger partial charge in [0.1, 0.15) is 17.6 Å². The maximum atomic E-state index is 13.6. The molecule has 0 saturated carbocycles. The molecular weight excluding hydrogens is 307 g/mol. The van der Waals surface area contributed by atoms with Crippen LogP contribution in [-0.4, -0.2) is 27.4 Å². The number of hydrogen-bond acceptors (Lipinski definition) is 6. The van der Waals surface area contributed by atoms with Crippen LogP contribution in [0.2, 0.25) is 0 Å². The van der Waals surface area contributed by atoms with Crippen molar-refractivity contribution in [2.45, 2.75) is 6.61 Å². The molecule has 0 spiro atoms. The Bertz CT molecular complexity index is 880. The molecule has 0 saturated heterocycles. The average Bonchev–Trinajstić information content (AvgIpc) is 3.02. The van der Waals surface area contributed by atoms with E-state index in [0.29, 0.717) is 11.0 Å². The average molecular weight is 318 g/mol. The van der Waals surface area contributed by atoms with E-state index >= 15 is 0 Å². The van der Waals surface area contributed by atoms with E-state index in [1.807, 2.05) is 0 Å². The number of aromatic amines is 1. The fraction of sp³-hybridized carbons (Fsp3) is 0.143. The summed E-state index contributed by atoms with van der Waals surface area (Å²) in [7, 11) is 1.33. The van der Waals surface area contributed by atoms with Crippen molar-refractivity contribution < 1.29 is 18.8 Å². The number of nitro groups is 1. The molecule has 9 heteroatoms. The lowest BCUT2D eigenvalue weighted by Gasteiger charge is -2.11. The number of nitro benzene ring substituents is 1. The van der Waals surface area contributed by atoms with Gasteiger partial charge in [0.15, 0.2) is 11.5 Å². The number of fused-ring (bicyclic) bond motifs is 1. The number of H-pyrrole nitrogens is 1. The summed E-state index contributed by atoms with van der Waals surface area (Å²) in [5.74, 6) is -0.848. The van der Waals surface area contributed by atoms with Crippen LogP contribution in [0.3, 0.4) is 0 Å². The molecule has 0 aliphatic carbocycles. The Labute approximate surface area is 129 Å². The Hall–Kier alpha value is -3.23. The quantitative estimate of drug-likeness (QED) is 0.573. The summed E-state index contributed by atoms with van der Waals surface area (Å²) in [6.07, 6.45) is 0. The molecule has 118 valence electrons. The minimum Gasteiger partial charge on any atom is -0.493 e. The molecule has 0 amide bonds. The predicted octanol–water partition coefficient (Wildman–Crippen LogP) is 2.59.